The van der Waals surface area contributed by atoms with Gasteiger partial charge in [-0.2, -0.15) is 5.26 Å². The summed E-state index contributed by atoms with van der Waals surface area (Å²) in [5.74, 6) is -0.485. The van der Waals surface area contributed by atoms with Gasteiger partial charge in [-0.25, -0.2) is 4.79 Å². The molecule has 9 nitrogen and oxygen atoms in total. The molecule has 1 atom stereocenters. The second-order valence-corrected chi connectivity index (χ2v) is 8.71. The molecule has 2 aromatic rings. The van der Waals surface area contributed by atoms with Crippen LogP contribution in [0.15, 0.2) is 42.5 Å². The number of fused-ring (bicyclic) bond motifs is 1. The third-order valence-corrected chi connectivity index (χ3v) is 6.41. The lowest BCUT2D eigenvalue weighted by Gasteiger charge is -2.36. The van der Waals surface area contributed by atoms with Gasteiger partial charge in [0.2, 0.25) is 5.91 Å². The Bertz CT molecular complexity index is 1150. The molecule has 2 heterocycles. The molecule has 3 N–H and O–H groups in total. The second kappa shape index (κ2) is 9.53. The number of carbonyl (C=O) groups excluding carboxylic acids is 2. The average molecular weight is 463 g/mol. The van der Waals surface area contributed by atoms with Gasteiger partial charge in [0.1, 0.15) is 11.6 Å². The Hall–Kier alpha value is -3.90. The zero-order valence-electron chi connectivity index (χ0n) is 18.8. The van der Waals surface area contributed by atoms with Gasteiger partial charge in [0, 0.05) is 51.6 Å². The number of rotatable bonds is 6. The van der Waals surface area contributed by atoms with Crippen LogP contribution in [0.1, 0.15) is 34.3 Å². The smallest absolute Gasteiger partial charge is 0.405 e. The first-order valence-electron chi connectivity index (χ1n) is 11.1. The summed E-state index contributed by atoms with van der Waals surface area (Å²) in [5.41, 5.74) is 3.27. The van der Waals surface area contributed by atoms with Gasteiger partial charge >= 0.3 is 6.09 Å². The van der Waals surface area contributed by atoms with E-state index < -0.39 is 23.6 Å². The van der Waals surface area contributed by atoms with E-state index in [1.165, 1.54) is 0 Å². The molecule has 1 fully saturated rings. The zero-order chi connectivity index (χ0) is 24.3. The third-order valence-electron chi connectivity index (χ3n) is 6.41. The van der Waals surface area contributed by atoms with Crippen LogP contribution in [0.2, 0.25) is 0 Å². The summed E-state index contributed by atoms with van der Waals surface area (Å²) in [6.45, 7) is 1.12. The molecule has 0 aliphatic carbocycles. The van der Waals surface area contributed by atoms with Crippen molar-refractivity contribution in [2.24, 2.45) is 0 Å². The highest BCUT2D eigenvalue weighted by Crippen LogP contribution is 2.28. The number of hydrogen-bond acceptors (Lipinski definition) is 5. The van der Waals surface area contributed by atoms with Crippen LogP contribution in [0, 0.1) is 11.3 Å². The molecule has 34 heavy (non-hydrogen) atoms. The number of carbonyl (C=O) groups is 3. The Morgan fingerprint density at radius 2 is 1.85 bits per heavy atom. The van der Waals surface area contributed by atoms with Crippen molar-refractivity contribution in [1.82, 2.24) is 15.5 Å². The van der Waals surface area contributed by atoms with Gasteiger partial charge in [-0.1, -0.05) is 30.3 Å². The third kappa shape index (κ3) is 4.72. The standard InChI is InChI=1S/C25H26N4O5/c1-29-15-19-13-18(6-7-21(19)22(29)30)17-4-2-16(3-5-17)12-20(14-26)27-23(31)25(28-24(32)33)8-10-34-11-9-25/h2-7,13,20,28H,8-12,15H2,1H3,(H,27,31)(H,32,33). The summed E-state index contributed by atoms with van der Waals surface area (Å²) >= 11 is 0. The van der Waals surface area contributed by atoms with Gasteiger partial charge in [0.25, 0.3) is 5.91 Å². The Labute approximate surface area is 197 Å². The van der Waals surface area contributed by atoms with E-state index in [4.69, 9.17) is 4.74 Å². The molecule has 1 saturated heterocycles. The van der Waals surface area contributed by atoms with E-state index in [1.54, 1.807) is 11.9 Å². The molecule has 0 bridgehead atoms. The van der Waals surface area contributed by atoms with Crippen LogP contribution in [0.25, 0.3) is 11.1 Å². The Kier molecular flexibility index (Phi) is 6.52. The minimum Gasteiger partial charge on any atom is -0.465 e. The minimum atomic E-state index is -1.30. The van der Waals surface area contributed by atoms with Crippen LogP contribution < -0.4 is 10.6 Å². The Morgan fingerprint density at radius 1 is 1.18 bits per heavy atom. The molecule has 0 aromatic heterocycles. The van der Waals surface area contributed by atoms with Gasteiger partial charge in [-0.15, -0.1) is 0 Å². The molecule has 2 aliphatic rings. The first-order valence-corrected chi connectivity index (χ1v) is 11.1. The van der Waals surface area contributed by atoms with Crippen LogP contribution in [0.5, 0.6) is 0 Å². The van der Waals surface area contributed by atoms with Crippen molar-refractivity contribution in [1.29, 1.82) is 5.26 Å². The van der Waals surface area contributed by atoms with E-state index >= 15 is 0 Å². The first kappa shape index (κ1) is 23.3. The molecule has 0 radical (unpaired) electrons. The number of benzene rings is 2. The predicted octanol–water partition coefficient (Wildman–Crippen LogP) is 2.31. The van der Waals surface area contributed by atoms with E-state index in [0.717, 1.165) is 27.8 Å². The number of nitriles is 1. The average Bonchev–Trinajstić information content (AvgIpc) is 3.11. The van der Waals surface area contributed by atoms with Crippen molar-refractivity contribution < 1.29 is 24.2 Å². The lowest BCUT2D eigenvalue weighted by molar-refractivity contribution is -0.131. The molecule has 0 spiro atoms. The summed E-state index contributed by atoms with van der Waals surface area (Å²) < 4.78 is 5.27. The highest BCUT2D eigenvalue weighted by atomic mass is 16.5. The summed E-state index contributed by atoms with van der Waals surface area (Å²) in [6, 6.07) is 14.8. The van der Waals surface area contributed by atoms with Gasteiger partial charge < -0.3 is 25.4 Å². The summed E-state index contributed by atoms with van der Waals surface area (Å²) in [4.78, 5) is 38.0. The normalized spacial score (nSPS) is 17.4. The number of nitrogens with one attached hydrogen (secondary N) is 2. The van der Waals surface area contributed by atoms with Crippen molar-refractivity contribution in [3.8, 4) is 17.2 Å². The molecule has 0 saturated carbocycles. The monoisotopic (exact) mass is 462 g/mol. The summed E-state index contributed by atoms with van der Waals surface area (Å²) in [5, 5.41) is 23.8. The number of amides is 3. The molecular formula is C25H26N4O5. The van der Waals surface area contributed by atoms with Gasteiger partial charge in [-0.3, -0.25) is 9.59 Å². The van der Waals surface area contributed by atoms with Crippen LogP contribution in [-0.4, -0.2) is 59.8 Å². The number of ether oxygens (including phenoxy) is 1. The summed E-state index contributed by atoms with van der Waals surface area (Å²) in [7, 11) is 1.78. The van der Waals surface area contributed by atoms with Crippen molar-refractivity contribution in [2.75, 3.05) is 20.3 Å². The van der Waals surface area contributed by atoms with Gasteiger partial charge in [0.05, 0.1) is 6.07 Å². The Balaban J connectivity index is 1.44. The molecule has 2 aliphatic heterocycles. The molecule has 4 rings (SSSR count). The van der Waals surface area contributed by atoms with Crippen LogP contribution in [-0.2, 0) is 22.5 Å². The maximum absolute atomic E-state index is 12.9. The quantitative estimate of drug-likeness (QED) is 0.604. The molecule has 2 aromatic carbocycles. The molecule has 176 valence electrons. The molecule has 9 heteroatoms. The summed E-state index contributed by atoms with van der Waals surface area (Å²) in [6.07, 6.45) is -0.588. The lowest BCUT2D eigenvalue weighted by Crippen LogP contribution is -2.62. The number of carboxylic acid groups (broad SMARTS) is 1. The van der Waals surface area contributed by atoms with E-state index in [1.807, 2.05) is 42.5 Å². The van der Waals surface area contributed by atoms with E-state index in [2.05, 4.69) is 16.7 Å². The fourth-order valence-corrected chi connectivity index (χ4v) is 4.47. The van der Waals surface area contributed by atoms with Crippen molar-refractivity contribution in [2.45, 2.75) is 37.4 Å². The lowest BCUT2D eigenvalue weighted by atomic mass is 9.88. The predicted molar refractivity (Wildman–Crippen MR) is 123 cm³/mol. The fourth-order valence-electron chi connectivity index (χ4n) is 4.47. The minimum absolute atomic E-state index is 0.0302. The highest BCUT2D eigenvalue weighted by molar-refractivity contribution is 5.98. The second-order valence-electron chi connectivity index (χ2n) is 8.71. The molecule has 3 amide bonds. The van der Waals surface area contributed by atoms with Gasteiger partial charge in [0.15, 0.2) is 0 Å². The van der Waals surface area contributed by atoms with Crippen LogP contribution in [0.4, 0.5) is 4.79 Å². The fraction of sp³-hybridized carbons (Fsp3) is 0.360. The van der Waals surface area contributed by atoms with Crippen LogP contribution in [0.3, 0.4) is 0 Å². The molecular weight excluding hydrogens is 436 g/mol. The van der Waals surface area contributed by atoms with Gasteiger partial charge in [-0.05, 0) is 34.4 Å². The van der Waals surface area contributed by atoms with E-state index in [0.29, 0.717) is 6.54 Å². The van der Waals surface area contributed by atoms with Crippen molar-refractivity contribution in [3.05, 3.63) is 59.2 Å². The largest absolute Gasteiger partial charge is 0.465 e. The maximum atomic E-state index is 12.9. The number of hydrogen-bond donors (Lipinski definition) is 3. The van der Waals surface area contributed by atoms with Crippen molar-refractivity contribution in [3.63, 3.8) is 0 Å². The first-order chi connectivity index (χ1) is 16.3. The highest BCUT2D eigenvalue weighted by Gasteiger charge is 2.42. The molecule has 1 unspecified atom stereocenters. The Morgan fingerprint density at radius 3 is 2.50 bits per heavy atom. The maximum Gasteiger partial charge on any atom is 0.405 e. The zero-order valence-corrected chi connectivity index (χ0v) is 18.8. The SMILES string of the molecule is CN1Cc2cc(-c3ccc(CC(C#N)NC(=O)C4(NC(=O)O)CCOCC4)cc3)ccc2C1=O. The number of nitrogens with zero attached hydrogens (tertiary/aromatic N) is 2. The van der Waals surface area contributed by atoms with Crippen LogP contribution >= 0.6 is 0 Å². The van der Waals surface area contributed by atoms with E-state index in [-0.39, 0.29) is 38.4 Å². The topological polar surface area (TPSA) is 132 Å². The van der Waals surface area contributed by atoms with Crippen molar-refractivity contribution >= 4 is 17.9 Å². The van der Waals surface area contributed by atoms with E-state index in [9.17, 15) is 24.8 Å².